The summed E-state index contributed by atoms with van der Waals surface area (Å²) in [6.45, 7) is 3.26. The molecule has 2 amide bonds. The van der Waals surface area contributed by atoms with Crippen molar-refractivity contribution in [2.45, 2.75) is 19.9 Å². The van der Waals surface area contributed by atoms with Gasteiger partial charge in [0.15, 0.2) is 0 Å². The predicted molar refractivity (Wildman–Crippen MR) is 76.3 cm³/mol. The summed E-state index contributed by atoms with van der Waals surface area (Å²) < 4.78 is 0. The zero-order chi connectivity index (χ0) is 13.7. The van der Waals surface area contributed by atoms with Crippen LogP contribution in [0.1, 0.15) is 12.5 Å². The quantitative estimate of drug-likeness (QED) is 0.742. The number of rotatable bonds is 4. The van der Waals surface area contributed by atoms with E-state index in [1.807, 2.05) is 13.0 Å². The molecular formula is C12H15ClN2O2S. The zero-order valence-electron chi connectivity index (χ0n) is 10.2. The van der Waals surface area contributed by atoms with E-state index in [-0.39, 0.29) is 17.6 Å². The Hall–Kier alpha value is -1.20. The molecule has 0 spiro atoms. The number of carbonyl (C=O) groups is 2. The maximum atomic E-state index is 11.9. The summed E-state index contributed by atoms with van der Waals surface area (Å²) in [6, 6.07) is 4.64. The summed E-state index contributed by atoms with van der Waals surface area (Å²) >= 11 is 10.0. The Morgan fingerprint density at radius 2 is 2.11 bits per heavy atom. The molecule has 1 rings (SSSR count). The topological polar surface area (TPSA) is 58.2 Å². The molecule has 0 aliphatic heterocycles. The molecule has 0 aliphatic rings. The lowest BCUT2D eigenvalue weighted by Gasteiger charge is -2.16. The highest BCUT2D eigenvalue weighted by molar-refractivity contribution is 7.80. The molecule has 98 valence electrons. The van der Waals surface area contributed by atoms with Gasteiger partial charge in [-0.1, -0.05) is 17.7 Å². The van der Waals surface area contributed by atoms with E-state index >= 15 is 0 Å². The first kappa shape index (κ1) is 14.9. The lowest BCUT2D eigenvalue weighted by Crippen LogP contribution is -2.44. The fraction of sp³-hybridized carbons (Fsp3) is 0.333. The minimum atomic E-state index is -0.678. The van der Waals surface area contributed by atoms with Crippen molar-refractivity contribution in [2.24, 2.45) is 0 Å². The van der Waals surface area contributed by atoms with Gasteiger partial charge in [0.2, 0.25) is 11.8 Å². The largest absolute Gasteiger partial charge is 0.344 e. The second-order valence-electron chi connectivity index (χ2n) is 3.91. The molecule has 0 saturated carbocycles. The Morgan fingerprint density at radius 1 is 1.44 bits per heavy atom. The molecule has 1 aromatic rings. The predicted octanol–water partition coefficient (Wildman–Crippen LogP) is 2.02. The molecule has 18 heavy (non-hydrogen) atoms. The van der Waals surface area contributed by atoms with Gasteiger partial charge in [0, 0.05) is 12.7 Å². The monoisotopic (exact) mass is 286 g/mol. The SMILES string of the molecule is CC(=O)NC(CS)C(=O)Nc1ccc(C)cc1Cl. The third-order valence-corrected chi connectivity index (χ3v) is 2.94. The van der Waals surface area contributed by atoms with Gasteiger partial charge in [-0.05, 0) is 24.6 Å². The van der Waals surface area contributed by atoms with Crippen molar-refractivity contribution in [1.29, 1.82) is 0 Å². The van der Waals surface area contributed by atoms with Gasteiger partial charge >= 0.3 is 0 Å². The first-order chi connectivity index (χ1) is 8.43. The van der Waals surface area contributed by atoms with Crippen molar-refractivity contribution in [3.05, 3.63) is 28.8 Å². The zero-order valence-corrected chi connectivity index (χ0v) is 11.8. The molecular weight excluding hydrogens is 272 g/mol. The number of aryl methyl sites for hydroxylation is 1. The minimum Gasteiger partial charge on any atom is -0.344 e. The van der Waals surface area contributed by atoms with Gasteiger partial charge in [-0.2, -0.15) is 12.6 Å². The number of amides is 2. The summed E-state index contributed by atoms with van der Waals surface area (Å²) in [4.78, 5) is 22.8. The molecule has 0 heterocycles. The standard InChI is InChI=1S/C12H15ClN2O2S/c1-7-3-4-10(9(13)5-7)15-12(17)11(6-18)14-8(2)16/h3-5,11,18H,6H2,1-2H3,(H,14,16)(H,15,17). The lowest BCUT2D eigenvalue weighted by atomic mass is 10.2. The molecule has 1 aromatic carbocycles. The Kier molecular flexibility index (Phi) is 5.50. The molecule has 2 N–H and O–H groups in total. The van der Waals surface area contributed by atoms with Crippen LogP contribution in [0.5, 0.6) is 0 Å². The van der Waals surface area contributed by atoms with Crippen molar-refractivity contribution in [3.8, 4) is 0 Å². The van der Waals surface area contributed by atoms with Crippen LogP contribution in [0.15, 0.2) is 18.2 Å². The smallest absolute Gasteiger partial charge is 0.247 e. The summed E-state index contributed by atoms with van der Waals surface area (Å²) in [5.74, 6) is -0.403. The molecule has 0 aromatic heterocycles. The molecule has 0 fully saturated rings. The van der Waals surface area contributed by atoms with Gasteiger partial charge in [-0.25, -0.2) is 0 Å². The van der Waals surface area contributed by atoms with Gasteiger partial charge < -0.3 is 10.6 Å². The maximum Gasteiger partial charge on any atom is 0.247 e. The molecule has 0 radical (unpaired) electrons. The second kappa shape index (κ2) is 6.66. The Bertz CT molecular complexity index is 465. The molecule has 0 bridgehead atoms. The van der Waals surface area contributed by atoms with Crippen LogP contribution >= 0.6 is 24.2 Å². The van der Waals surface area contributed by atoms with Crippen LogP contribution in [0.3, 0.4) is 0 Å². The number of benzene rings is 1. The van der Waals surface area contributed by atoms with Gasteiger partial charge in [0.05, 0.1) is 10.7 Å². The van der Waals surface area contributed by atoms with Gasteiger partial charge in [-0.15, -0.1) is 0 Å². The maximum absolute atomic E-state index is 11.9. The van der Waals surface area contributed by atoms with Crippen LogP contribution in [0.2, 0.25) is 5.02 Å². The highest BCUT2D eigenvalue weighted by Crippen LogP contribution is 2.22. The van der Waals surface area contributed by atoms with E-state index in [4.69, 9.17) is 11.6 Å². The van der Waals surface area contributed by atoms with Crippen molar-refractivity contribution in [2.75, 3.05) is 11.1 Å². The van der Waals surface area contributed by atoms with E-state index in [0.29, 0.717) is 10.7 Å². The summed E-state index contributed by atoms with van der Waals surface area (Å²) in [5.41, 5.74) is 1.52. The number of halogens is 1. The van der Waals surface area contributed by atoms with Crippen molar-refractivity contribution in [1.82, 2.24) is 5.32 Å². The first-order valence-electron chi connectivity index (χ1n) is 5.39. The van der Waals surface area contributed by atoms with Gasteiger partial charge in [0.25, 0.3) is 0 Å². The van der Waals surface area contributed by atoms with Crippen LogP contribution in [0.25, 0.3) is 0 Å². The van der Waals surface area contributed by atoms with E-state index in [0.717, 1.165) is 5.56 Å². The fourth-order valence-corrected chi connectivity index (χ4v) is 1.92. The van der Waals surface area contributed by atoms with Crippen molar-refractivity contribution in [3.63, 3.8) is 0 Å². The van der Waals surface area contributed by atoms with Crippen LogP contribution < -0.4 is 10.6 Å². The molecule has 0 saturated heterocycles. The molecule has 1 atom stereocenters. The summed E-state index contributed by atoms with van der Waals surface area (Å²) in [6.07, 6.45) is 0. The van der Waals surface area contributed by atoms with E-state index in [9.17, 15) is 9.59 Å². The van der Waals surface area contributed by atoms with E-state index < -0.39 is 6.04 Å². The molecule has 6 heteroatoms. The average molecular weight is 287 g/mol. The highest BCUT2D eigenvalue weighted by atomic mass is 35.5. The van der Waals surface area contributed by atoms with E-state index in [1.165, 1.54) is 6.92 Å². The van der Waals surface area contributed by atoms with Crippen LogP contribution in [-0.2, 0) is 9.59 Å². The van der Waals surface area contributed by atoms with Crippen LogP contribution in [0, 0.1) is 6.92 Å². The normalized spacial score (nSPS) is 11.8. The van der Waals surface area contributed by atoms with Crippen LogP contribution in [-0.4, -0.2) is 23.6 Å². The highest BCUT2D eigenvalue weighted by Gasteiger charge is 2.18. The van der Waals surface area contributed by atoms with Crippen LogP contribution in [0.4, 0.5) is 5.69 Å². The number of thiol groups is 1. The Balaban J connectivity index is 2.76. The molecule has 1 unspecified atom stereocenters. The van der Waals surface area contributed by atoms with E-state index in [2.05, 4.69) is 23.3 Å². The third kappa shape index (κ3) is 4.23. The Labute approximate surface area is 117 Å². The van der Waals surface area contributed by atoms with Crippen molar-refractivity contribution < 1.29 is 9.59 Å². The fourth-order valence-electron chi connectivity index (χ4n) is 1.38. The lowest BCUT2D eigenvalue weighted by molar-refractivity contribution is -0.124. The number of hydrogen-bond donors (Lipinski definition) is 3. The third-order valence-electron chi connectivity index (χ3n) is 2.26. The number of carbonyl (C=O) groups excluding carboxylic acids is 2. The van der Waals surface area contributed by atoms with Crippen molar-refractivity contribution >= 4 is 41.7 Å². The van der Waals surface area contributed by atoms with Gasteiger partial charge in [0.1, 0.15) is 6.04 Å². The van der Waals surface area contributed by atoms with Gasteiger partial charge in [-0.3, -0.25) is 9.59 Å². The second-order valence-corrected chi connectivity index (χ2v) is 4.68. The summed E-state index contributed by atoms with van der Waals surface area (Å²) in [7, 11) is 0. The molecule has 0 aliphatic carbocycles. The number of nitrogens with one attached hydrogen (secondary N) is 2. The van der Waals surface area contributed by atoms with E-state index in [1.54, 1.807) is 12.1 Å². The minimum absolute atomic E-state index is 0.217. The molecule has 4 nitrogen and oxygen atoms in total. The number of hydrogen-bond acceptors (Lipinski definition) is 3. The first-order valence-corrected chi connectivity index (χ1v) is 6.40. The Morgan fingerprint density at radius 3 is 2.61 bits per heavy atom. The average Bonchev–Trinajstić information content (AvgIpc) is 2.29. The summed E-state index contributed by atoms with van der Waals surface area (Å²) in [5, 5.41) is 5.63. The number of anilines is 1.